The molecule has 1 saturated heterocycles. The van der Waals surface area contributed by atoms with E-state index < -0.39 is 16.9 Å². The van der Waals surface area contributed by atoms with Crippen LogP contribution in [0.1, 0.15) is 74.0 Å². The Morgan fingerprint density at radius 3 is 2.38 bits per heavy atom. The number of rotatable bonds is 4. The van der Waals surface area contributed by atoms with Gasteiger partial charge in [-0.1, -0.05) is 23.7 Å². The smallest absolute Gasteiger partial charge is 0.410 e. The summed E-state index contributed by atoms with van der Waals surface area (Å²) in [6.07, 6.45) is 3.55. The van der Waals surface area contributed by atoms with Gasteiger partial charge in [0.05, 0.1) is 17.3 Å². The van der Waals surface area contributed by atoms with Crippen molar-refractivity contribution in [3.8, 4) is 0 Å². The second kappa shape index (κ2) is 10.0. The first-order valence-corrected chi connectivity index (χ1v) is 13.3. The first-order valence-electron chi connectivity index (χ1n) is 12.9. The van der Waals surface area contributed by atoms with Gasteiger partial charge in [0.15, 0.2) is 0 Å². The van der Waals surface area contributed by atoms with Gasteiger partial charge in [-0.15, -0.1) is 0 Å². The van der Waals surface area contributed by atoms with Gasteiger partial charge in [0.25, 0.3) is 11.5 Å². The number of aromatic amines is 1. The molecule has 3 aromatic rings. The van der Waals surface area contributed by atoms with Gasteiger partial charge in [-0.2, -0.15) is 5.10 Å². The quantitative estimate of drug-likeness (QED) is 0.423. The second-order valence-corrected chi connectivity index (χ2v) is 11.6. The molecular weight excluding hydrogens is 524 g/mol. The number of piperidine rings is 1. The van der Waals surface area contributed by atoms with Crippen LogP contribution in [0.3, 0.4) is 0 Å². The van der Waals surface area contributed by atoms with E-state index in [1.807, 2.05) is 32.9 Å². The molecule has 3 N–H and O–H groups in total. The number of aromatic nitrogens is 3. The van der Waals surface area contributed by atoms with Crippen LogP contribution in [-0.4, -0.2) is 56.1 Å². The SMILES string of the molecule is CC(C)(C)OC(=O)N1CCC(c2cc(=O)[nH]c3c(C(=O)NNC(=O)C4(c5ccc(Cl)cc5)CC4)cnn23)CC1. The molecule has 0 radical (unpaired) electrons. The van der Waals surface area contributed by atoms with Gasteiger partial charge in [-0.25, -0.2) is 9.31 Å². The first kappa shape index (κ1) is 26.7. The van der Waals surface area contributed by atoms with Gasteiger partial charge in [-0.3, -0.25) is 25.2 Å². The normalized spacial score (nSPS) is 17.1. The number of benzene rings is 1. The Morgan fingerprint density at radius 2 is 1.77 bits per heavy atom. The van der Waals surface area contributed by atoms with Crippen LogP contribution in [0.4, 0.5) is 4.79 Å². The molecule has 12 heteroatoms. The highest BCUT2D eigenvalue weighted by atomic mass is 35.5. The van der Waals surface area contributed by atoms with Crippen LogP contribution >= 0.6 is 11.6 Å². The summed E-state index contributed by atoms with van der Waals surface area (Å²) in [5, 5.41) is 4.94. The summed E-state index contributed by atoms with van der Waals surface area (Å²) in [5.41, 5.74) is 5.18. The number of nitrogens with one attached hydrogen (secondary N) is 3. The highest BCUT2D eigenvalue weighted by Gasteiger charge is 2.51. The molecule has 206 valence electrons. The molecule has 5 rings (SSSR count). The highest BCUT2D eigenvalue weighted by molar-refractivity contribution is 6.30. The van der Waals surface area contributed by atoms with Gasteiger partial charge in [0.1, 0.15) is 16.8 Å². The average molecular weight is 555 g/mol. The molecule has 3 heterocycles. The first-order chi connectivity index (χ1) is 18.5. The van der Waals surface area contributed by atoms with Gasteiger partial charge >= 0.3 is 6.09 Å². The molecule has 1 saturated carbocycles. The van der Waals surface area contributed by atoms with Crippen molar-refractivity contribution in [2.45, 2.75) is 63.4 Å². The van der Waals surface area contributed by atoms with Crippen molar-refractivity contribution in [2.24, 2.45) is 0 Å². The number of hydrogen-bond donors (Lipinski definition) is 3. The van der Waals surface area contributed by atoms with E-state index in [-0.39, 0.29) is 34.7 Å². The number of hydrazine groups is 1. The minimum absolute atomic E-state index is 0.0434. The molecule has 2 aromatic heterocycles. The van der Waals surface area contributed by atoms with Crippen LogP contribution in [0, 0.1) is 0 Å². The Kier molecular flexibility index (Phi) is 6.88. The van der Waals surface area contributed by atoms with Crippen molar-refractivity contribution in [1.82, 2.24) is 30.3 Å². The van der Waals surface area contributed by atoms with Gasteiger partial charge in [-0.05, 0) is 64.2 Å². The standard InChI is InChI=1S/C27H31ClN6O5/c1-26(2,3)39-25(38)33-12-8-16(9-13-33)20-14-21(35)30-22-19(15-29-34(20)22)23(36)31-32-24(37)27(10-11-27)17-4-6-18(28)7-5-17/h4-7,14-16H,8-13H2,1-3H3,(H,30,35)(H,31,36)(H,32,37). The largest absolute Gasteiger partial charge is 0.444 e. The number of amides is 3. The summed E-state index contributed by atoms with van der Waals surface area (Å²) < 4.78 is 7.01. The third kappa shape index (κ3) is 5.49. The number of likely N-dealkylation sites (tertiary alicyclic amines) is 1. The van der Waals surface area contributed by atoms with Crippen LogP contribution in [0.5, 0.6) is 0 Å². The van der Waals surface area contributed by atoms with Crippen LogP contribution in [0.25, 0.3) is 5.65 Å². The van der Waals surface area contributed by atoms with Crippen LogP contribution in [-0.2, 0) is 14.9 Å². The van der Waals surface area contributed by atoms with Crippen molar-refractivity contribution >= 4 is 35.2 Å². The molecule has 1 aliphatic carbocycles. The molecule has 2 fully saturated rings. The van der Waals surface area contributed by atoms with Gasteiger partial charge < -0.3 is 14.6 Å². The summed E-state index contributed by atoms with van der Waals surface area (Å²) in [5.74, 6) is -0.962. The Bertz CT molecular complexity index is 1480. The lowest BCUT2D eigenvalue weighted by Gasteiger charge is -2.33. The lowest BCUT2D eigenvalue weighted by atomic mass is 9.93. The monoisotopic (exact) mass is 554 g/mol. The number of carbonyl (C=O) groups is 3. The Morgan fingerprint density at radius 1 is 1.10 bits per heavy atom. The maximum Gasteiger partial charge on any atom is 0.410 e. The average Bonchev–Trinajstić information content (AvgIpc) is 3.59. The van der Waals surface area contributed by atoms with E-state index >= 15 is 0 Å². The molecular formula is C27H31ClN6O5. The van der Waals surface area contributed by atoms with E-state index in [0.29, 0.717) is 49.5 Å². The van der Waals surface area contributed by atoms with Crippen molar-refractivity contribution in [3.05, 3.63) is 68.7 Å². The zero-order chi connectivity index (χ0) is 27.9. The molecule has 1 aliphatic heterocycles. The molecule has 0 unspecified atom stereocenters. The van der Waals surface area contributed by atoms with Crippen LogP contribution < -0.4 is 16.4 Å². The third-order valence-electron chi connectivity index (χ3n) is 7.21. The van der Waals surface area contributed by atoms with E-state index in [1.165, 1.54) is 12.3 Å². The third-order valence-corrected chi connectivity index (χ3v) is 7.47. The van der Waals surface area contributed by atoms with E-state index in [9.17, 15) is 19.2 Å². The summed E-state index contributed by atoms with van der Waals surface area (Å²) in [7, 11) is 0. The Labute approximate surface area is 229 Å². The predicted molar refractivity (Wildman–Crippen MR) is 144 cm³/mol. The summed E-state index contributed by atoms with van der Waals surface area (Å²) >= 11 is 5.97. The summed E-state index contributed by atoms with van der Waals surface area (Å²) in [6, 6.07) is 8.56. The lowest BCUT2D eigenvalue weighted by molar-refractivity contribution is -0.124. The van der Waals surface area contributed by atoms with E-state index in [4.69, 9.17) is 16.3 Å². The lowest BCUT2D eigenvalue weighted by Crippen LogP contribution is -2.46. The molecule has 3 amide bonds. The predicted octanol–water partition coefficient (Wildman–Crippen LogP) is 3.28. The summed E-state index contributed by atoms with van der Waals surface area (Å²) in [6.45, 7) is 6.43. The zero-order valence-corrected chi connectivity index (χ0v) is 22.8. The molecule has 11 nitrogen and oxygen atoms in total. The molecule has 39 heavy (non-hydrogen) atoms. The second-order valence-electron chi connectivity index (χ2n) is 11.1. The molecule has 0 spiro atoms. The van der Waals surface area contributed by atoms with E-state index in [2.05, 4.69) is 20.9 Å². The topological polar surface area (TPSA) is 138 Å². The number of fused-ring (bicyclic) bond motifs is 1. The fourth-order valence-electron chi connectivity index (χ4n) is 5.00. The van der Waals surface area contributed by atoms with E-state index in [1.54, 1.807) is 21.5 Å². The number of H-pyrrole nitrogens is 1. The minimum Gasteiger partial charge on any atom is -0.444 e. The number of ether oxygens (including phenoxy) is 1. The van der Waals surface area contributed by atoms with Crippen molar-refractivity contribution in [3.63, 3.8) is 0 Å². The number of hydrogen-bond acceptors (Lipinski definition) is 6. The fourth-order valence-corrected chi connectivity index (χ4v) is 5.12. The van der Waals surface area contributed by atoms with Crippen LogP contribution in [0.15, 0.2) is 41.3 Å². The number of halogens is 1. The van der Waals surface area contributed by atoms with Crippen molar-refractivity contribution in [1.29, 1.82) is 0 Å². The van der Waals surface area contributed by atoms with Gasteiger partial charge in [0, 0.05) is 30.1 Å². The highest BCUT2D eigenvalue weighted by Crippen LogP contribution is 2.48. The van der Waals surface area contributed by atoms with E-state index in [0.717, 1.165) is 5.56 Å². The van der Waals surface area contributed by atoms with Crippen molar-refractivity contribution < 1.29 is 19.1 Å². The molecule has 1 aromatic carbocycles. The minimum atomic E-state index is -0.700. The van der Waals surface area contributed by atoms with Gasteiger partial charge in [0.2, 0.25) is 5.91 Å². The Hall–Kier alpha value is -3.86. The van der Waals surface area contributed by atoms with Crippen LogP contribution in [0.2, 0.25) is 5.02 Å². The number of carbonyl (C=O) groups excluding carboxylic acids is 3. The zero-order valence-electron chi connectivity index (χ0n) is 22.0. The maximum absolute atomic E-state index is 13.0. The maximum atomic E-state index is 13.0. The van der Waals surface area contributed by atoms with Crippen molar-refractivity contribution in [2.75, 3.05) is 13.1 Å². The number of nitrogens with zero attached hydrogens (tertiary/aromatic N) is 3. The molecule has 2 aliphatic rings. The Balaban J connectivity index is 1.27. The fraction of sp³-hybridized carbons (Fsp3) is 0.444. The molecule has 0 bridgehead atoms. The summed E-state index contributed by atoms with van der Waals surface area (Å²) in [4.78, 5) is 55.3. The molecule has 0 atom stereocenters.